The zero-order valence-corrected chi connectivity index (χ0v) is 12.2. The van der Waals surface area contributed by atoms with Crippen LogP contribution in [0.2, 0.25) is 5.15 Å². The van der Waals surface area contributed by atoms with Crippen LogP contribution in [-0.4, -0.2) is 31.2 Å². The van der Waals surface area contributed by atoms with Gasteiger partial charge in [0.25, 0.3) is 0 Å². The summed E-state index contributed by atoms with van der Waals surface area (Å²) in [6, 6.07) is 0. The highest BCUT2D eigenvalue weighted by Gasteiger charge is 2.24. The Morgan fingerprint density at radius 3 is 3.11 bits per heavy atom. The van der Waals surface area contributed by atoms with Gasteiger partial charge in [0.2, 0.25) is 0 Å². The van der Waals surface area contributed by atoms with Gasteiger partial charge in [-0.25, -0.2) is 9.78 Å². The molecular formula is C12H17ClN2O2S. The molecule has 4 nitrogen and oxygen atoms in total. The highest BCUT2D eigenvalue weighted by atomic mass is 35.5. The minimum atomic E-state index is -0.409. The Kier molecular flexibility index (Phi) is 4.45. The number of halogens is 1. The van der Waals surface area contributed by atoms with Crippen LogP contribution in [0.15, 0.2) is 0 Å². The van der Waals surface area contributed by atoms with Gasteiger partial charge >= 0.3 is 5.97 Å². The Labute approximate surface area is 116 Å². The molecule has 0 saturated carbocycles. The molecule has 0 aromatic carbocycles. The molecule has 0 N–H and O–H groups in total. The zero-order chi connectivity index (χ0) is 13.1. The molecule has 18 heavy (non-hydrogen) atoms. The second kappa shape index (κ2) is 5.89. The van der Waals surface area contributed by atoms with E-state index >= 15 is 0 Å². The first kappa shape index (κ1) is 13.6. The van der Waals surface area contributed by atoms with E-state index in [1.165, 1.54) is 37.7 Å². The van der Waals surface area contributed by atoms with E-state index in [1.54, 1.807) is 0 Å². The molecule has 0 spiro atoms. The number of piperidine rings is 1. The summed E-state index contributed by atoms with van der Waals surface area (Å²) in [5.74, 6) is 0.302. The van der Waals surface area contributed by atoms with E-state index in [0.29, 0.717) is 10.8 Å². The normalized spacial score (nSPS) is 19.9. The molecule has 0 bridgehead atoms. The van der Waals surface area contributed by atoms with Gasteiger partial charge in [0.1, 0.15) is 0 Å². The molecule has 2 rings (SSSR count). The number of esters is 1. The van der Waals surface area contributed by atoms with Crippen LogP contribution < -0.4 is 4.90 Å². The molecule has 100 valence electrons. The van der Waals surface area contributed by atoms with Crippen LogP contribution in [0.1, 0.15) is 35.9 Å². The fourth-order valence-corrected chi connectivity index (χ4v) is 3.45. The maximum atomic E-state index is 11.5. The molecule has 1 fully saturated rings. The standard InChI is InChI=1S/C12H17ClN2O2S/c1-3-8-5-4-6-15(7-8)12-14-10(13)9(18-12)11(16)17-2/h8H,3-7H2,1-2H3. The van der Waals surface area contributed by atoms with Crippen molar-refractivity contribution >= 4 is 34.0 Å². The predicted octanol–water partition coefficient (Wildman–Crippen LogP) is 3.21. The van der Waals surface area contributed by atoms with Gasteiger partial charge < -0.3 is 9.64 Å². The molecule has 1 atom stereocenters. The average Bonchev–Trinajstić information content (AvgIpc) is 2.80. The van der Waals surface area contributed by atoms with Gasteiger partial charge in [-0.05, 0) is 18.8 Å². The van der Waals surface area contributed by atoms with Crippen molar-refractivity contribution in [2.75, 3.05) is 25.1 Å². The maximum absolute atomic E-state index is 11.5. The van der Waals surface area contributed by atoms with Crippen LogP contribution in [0.4, 0.5) is 5.13 Å². The predicted molar refractivity (Wildman–Crippen MR) is 73.7 cm³/mol. The number of carbonyl (C=O) groups excluding carboxylic acids is 1. The second-order valence-corrected chi connectivity index (χ2v) is 5.81. The number of methoxy groups -OCH3 is 1. The van der Waals surface area contributed by atoms with Crippen molar-refractivity contribution in [2.24, 2.45) is 5.92 Å². The van der Waals surface area contributed by atoms with Gasteiger partial charge in [0.05, 0.1) is 7.11 Å². The lowest BCUT2D eigenvalue weighted by Gasteiger charge is -2.31. The summed E-state index contributed by atoms with van der Waals surface area (Å²) in [4.78, 5) is 18.4. The molecule has 1 aliphatic rings. The average molecular weight is 289 g/mol. The van der Waals surface area contributed by atoms with E-state index in [2.05, 4.69) is 21.5 Å². The van der Waals surface area contributed by atoms with E-state index in [4.69, 9.17) is 11.6 Å². The van der Waals surface area contributed by atoms with Crippen molar-refractivity contribution in [3.8, 4) is 0 Å². The molecule has 0 aliphatic carbocycles. The fraction of sp³-hybridized carbons (Fsp3) is 0.667. The van der Waals surface area contributed by atoms with E-state index in [0.717, 1.165) is 18.2 Å². The lowest BCUT2D eigenvalue weighted by atomic mass is 9.96. The quantitative estimate of drug-likeness (QED) is 0.801. The summed E-state index contributed by atoms with van der Waals surface area (Å²) in [5, 5.41) is 1.08. The monoisotopic (exact) mass is 288 g/mol. The summed E-state index contributed by atoms with van der Waals surface area (Å²) in [7, 11) is 1.35. The van der Waals surface area contributed by atoms with Crippen molar-refractivity contribution in [2.45, 2.75) is 26.2 Å². The van der Waals surface area contributed by atoms with Gasteiger partial charge in [-0.15, -0.1) is 0 Å². The largest absolute Gasteiger partial charge is 0.465 e. The summed E-state index contributed by atoms with van der Waals surface area (Å²) in [5.41, 5.74) is 0. The van der Waals surface area contributed by atoms with Crippen LogP contribution in [0.5, 0.6) is 0 Å². The minimum absolute atomic E-state index is 0.250. The Hall–Kier alpha value is -0.810. The van der Waals surface area contributed by atoms with Gasteiger partial charge in [-0.2, -0.15) is 0 Å². The molecule has 6 heteroatoms. The first-order valence-electron chi connectivity index (χ1n) is 6.15. The number of nitrogens with zero attached hydrogens (tertiary/aromatic N) is 2. The van der Waals surface area contributed by atoms with E-state index in [9.17, 15) is 4.79 Å². The Morgan fingerprint density at radius 2 is 2.44 bits per heavy atom. The first-order chi connectivity index (χ1) is 8.65. The van der Waals surface area contributed by atoms with Crippen LogP contribution in [0.3, 0.4) is 0 Å². The van der Waals surface area contributed by atoms with Crippen molar-refractivity contribution in [1.82, 2.24) is 4.98 Å². The lowest BCUT2D eigenvalue weighted by Crippen LogP contribution is -2.35. The minimum Gasteiger partial charge on any atom is -0.465 e. The number of rotatable bonds is 3. The Bertz CT molecular complexity index is 436. The summed E-state index contributed by atoms with van der Waals surface area (Å²) < 4.78 is 4.69. The molecule has 1 aliphatic heterocycles. The number of hydrogen-bond acceptors (Lipinski definition) is 5. The van der Waals surface area contributed by atoms with Crippen LogP contribution in [0, 0.1) is 5.92 Å². The number of thiazole rings is 1. The summed E-state index contributed by atoms with van der Waals surface area (Å²) in [6.45, 7) is 4.20. The molecule has 0 amide bonds. The van der Waals surface area contributed by atoms with Gasteiger partial charge in [0, 0.05) is 13.1 Å². The van der Waals surface area contributed by atoms with E-state index in [1.807, 2.05) is 0 Å². The van der Waals surface area contributed by atoms with Crippen LogP contribution in [-0.2, 0) is 4.74 Å². The molecule has 1 saturated heterocycles. The Balaban J connectivity index is 2.16. The highest BCUT2D eigenvalue weighted by molar-refractivity contribution is 7.18. The SMILES string of the molecule is CCC1CCCN(c2nc(Cl)c(C(=O)OC)s2)C1. The second-order valence-electron chi connectivity index (χ2n) is 4.47. The molecule has 1 aromatic heterocycles. The van der Waals surface area contributed by atoms with Crippen molar-refractivity contribution in [1.29, 1.82) is 0 Å². The van der Waals surface area contributed by atoms with E-state index in [-0.39, 0.29) is 5.15 Å². The van der Waals surface area contributed by atoms with Gasteiger partial charge in [-0.1, -0.05) is 36.3 Å². The maximum Gasteiger partial charge on any atom is 0.351 e. The van der Waals surface area contributed by atoms with Crippen molar-refractivity contribution in [3.05, 3.63) is 10.0 Å². The molecule has 2 heterocycles. The molecule has 0 radical (unpaired) electrons. The third kappa shape index (κ3) is 2.78. The van der Waals surface area contributed by atoms with Gasteiger partial charge in [-0.3, -0.25) is 0 Å². The van der Waals surface area contributed by atoms with Crippen molar-refractivity contribution in [3.63, 3.8) is 0 Å². The topological polar surface area (TPSA) is 42.4 Å². The molecular weight excluding hydrogens is 272 g/mol. The summed E-state index contributed by atoms with van der Waals surface area (Å²) in [6.07, 6.45) is 3.62. The van der Waals surface area contributed by atoms with E-state index < -0.39 is 5.97 Å². The van der Waals surface area contributed by atoms with Crippen LogP contribution in [0.25, 0.3) is 0 Å². The van der Waals surface area contributed by atoms with Gasteiger partial charge in [0.15, 0.2) is 15.2 Å². The fourth-order valence-electron chi connectivity index (χ4n) is 2.22. The zero-order valence-electron chi connectivity index (χ0n) is 10.6. The number of carbonyl (C=O) groups is 1. The lowest BCUT2D eigenvalue weighted by molar-refractivity contribution is 0.0606. The first-order valence-corrected chi connectivity index (χ1v) is 7.34. The molecule has 1 unspecified atom stereocenters. The van der Waals surface area contributed by atoms with Crippen molar-refractivity contribution < 1.29 is 9.53 Å². The Morgan fingerprint density at radius 1 is 1.67 bits per heavy atom. The van der Waals surface area contributed by atoms with Crippen LogP contribution >= 0.6 is 22.9 Å². The number of aromatic nitrogens is 1. The number of ether oxygens (including phenoxy) is 1. The third-order valence-electron chi connectivity index (χ3n) is 3.31. The highest BCUT2D eigenvalue weighted by Crippen LogP contribution is 2.33. The third-order valence-corrected chi connectivity index (χ3v) is 4.79. The smallest absolute Gasteiger partial charge is 0.351 e. The molecule has 1 aromatic rings. The number of hydrogen-bond donors (Lipinski definition) is 0. The number of anilines is 1. The summed E-state index contributed by atoms with van der Waals surface area (Å²) >= 11 is 7.30.